The summed E-state index contributed by atoms with van der Waals surface area (Å²) < 4.78 is 27.1. The van der Waals surface area contributed by atoms with Crippen molar-refractivity contribution in [2.24, 2.45) is 73.9 Å². The lowest BCUT2D eigenvalue weighted by molar-refractivity contribution is -0.250. The quantitative estimate of drug-likeness (QED) is 0.145. The highest BCUT2D eigenvalue weighted by molar-refractivity contribution is 8.24. The van der Waals surface area contributed by atoms with Crippen LogP contribution in [0.25, 0.3) is 0 Å². The molecule has 1 heterocycles. The van der Waals surface area contributed by atoms with Gasteiger partial charge in [-0.25, -0.2) is 0 Å². The molecule has 10 heteroatoms. The van der Waals surface area contributed by atoms with Crippen molar-refractivity contribution < 1.29 is 33.6 Å². The third-order valence-corrected chi connectivity index (χ3v) is 22.2. The van der Waals surface area contributed by atoms with E-state index in [1.165, 1.54) is 57.8 Å². The monoisotopic (exact) mass is 803 g/mol. The van der Waals surface area contributed by atoms with Crippen LogP contribution in [0.4, 0.5) is 0 Å². The summed E-state index contributed by atoms with van der Waals surface area (Å²) in [6.07, 6.45) is 14.3. The highest BCUT2D eigenvalue weighted by Crippen LogP contribution is 2.78. The fraction of sp³-hybridized carbons (Fsp3) is 0.957. The standard InChI is InChI=1S/C46H78N2O7S/c1-28(49)33(48-22-24-56(53,54)25-23-48)27-47-46-17-12-29(42(6)18-19-42)37(46)30-10-11-35-43(7)15-14-36(55-39(52)32-26-31(38(50)51)40(32,2)3)41(4,5)34(43)13-16-45(35,9)44(30,8)20-21-46/h28-37,47,49,53-54H,10-27H2,1-9H3,(H,50,51)/t28-,29-,30-,31+,32-,33-,34+,35-,36+,37-,43+,44-,45-,46+/m1/s1. The highest BCUT2D eigenvalue weighted by Gasteiger charge is 2.72. The molecule has 0 bridgehead atoms. The number of aliphatic carboxylic acids is 1. The Hall–Kier alpha value is -0.910. The number of aliphatic hydroxyl groups excluding tert-OH is 1. The van der Waals surface area contributed by atoms with Gasteiger partial charge in [0.25, 0.3) is 0 Å². The molecule has 1 saturated heterocycles. The summed E-state index contributed by atoms with van der Waals surface area (Å²) in [5, 5.41) is 25.1. The summed E-state index contributed by atoms with van der Waals surface area (Å²) in [5.74, 6) is 2.07. The number of carboxylic acid groups (broad SMARTS) is 1. The molecule has 8 fully saturated rings. The van der Waals surface area contributed by atoms with E-state index in [1.807, 2.05) is 20.8 Å². The van der Waals surface area contributed by atoms with Crippen LogP contribution >= 0.6 is 10.6 Å². The number of hydrogen-bond donors (Lipinski definition) is 5. The molecule has 14 atom stereocenters. The first-order valence-corrected chi connectivity index (χ1v) is 24.7. The van der Waals surface area contributed by atoms with E-state index in [1.54, 1.807) is 0 Å². The van der Waals surface area contributed by atoms with Gasteiger partial charge in [-0.1, -0.05) is 55.4 Å². The minimum absolute atomic E-state index is 0.0347. The molecule has 8 aliphatic rings. The number of fused-ring (bicyclic) bond motifs is 7. The minimum atomic E-state index is -2.49. The second-order valence-corrected chi connectivity index (χ2v) is 25.8. The Balaban J connectivity index is 1.02. The van der Waals surface area contributed by atoms with Gasteiger partial charge in [0.05, 0.1) is 29.4 Å². The van der Waals surface area contributed by atoms with Gasteiger partial charge in [-0.3, -0.25) is 23.6 Å². The van der Waals surface area contributed by atoms with Crippen LogP contribution in [0, 0.1) is 73.9 Å². The molecular weight excluding hydrogens is 725 g/mol. The number of esters is 1. The van der Waals surface area contributed by atoms with Crippen molar-refractivity contribution in [3.8, 4) is 0 Å². The maximum atomic E-state index is 13.7. The maximum absolute atomic E-state index is 13.7. The largest absolute Gasteiger partial charge is 0.481 e. The second-order valence-electron chi connectivity index (χ2n) is 23.4. The summed E-state index contributed by atoms with van der Waals surface area (Å²) >= 11 is 0. The molecule has 8 rings (SSSR count). The first-order chi connectivity index (χ1) is 26.0. The molecule has 7 aliphatic carbocycles. The Kier molecular flexibility index (Phi) is 10.1. The zero-order chi connectivity index (χ0) is 40.6. The predicted molar refractivity (Wildman–Crippen MR) is 222 cm³/mol. The number of nitrogens with zero attached hydrogens (tertiary/aromatic N) is 1. The van der Waals surface area contributed by atoms with Crippen molar-refractivity contribution in [2.45, 2.75) is 170 Å². The molecule has 5 N–H and O–H groups in total. The Morgan fingerprint density at radius 3 is 2.05 bits per heavy atom. The molecule has 320 valence electrons. The average Bonchev–Trinajstić information content (AvgIpc) is 3.72. The third-order valence-electron chi connectivity index (χ3n) is 20.5. The molecule has 7 saturated carbocycles. The highest BCUT2D eigenvalue weighted by atomic mass is 32.3. The fourth-order valence-electron chi connectivity index (χ4n) is 16.4. The van der Waals surface area contributed by atoms with E-state index in [0.29, 0.717) is 60.1 Å². The van der Waals surface area contributed by atoms with Gasteiger partial charge in [-0.05, 0) is 147 Å². The maximum Gasteiger partial charge on any atom is 0.309 e. The molecule has 0 aromatic heterocycles. The van der Waals surface area contributed by atoms with Crippen LogP contribution in [0.5, 0.6) is 0 Å². The molecule has 1 aliphatic heterocycles. The Labute approximate surface area is 340 Å². The van der Waals surface area contributed by atoms with Gasteiger partial charge < -0.3 is 20.3 Å². The molecule has 56 heavy (non-hydrogen) atoms. The van der Waals surface area contributed by atoms with E-state index in [2.05, 4.69) is 51.8 Å². The number of carboxylic acids is 1. The number of aliphatic hydroxyl groups is 1. The van der Waals surface area contributed by atoms with Crippen LogP contribution in [-0.4, -0.2) is 91.1 Å². The van der Waals surface area contributed by atoms with Crippen molar-refractivity contribution in [2.75, 3.05) is 31.1 Å². The number of ether oxygens (including phenoxy) is 1. The molecule has 0 amide bonds. The van der Waals surface area contributed by atoms with Crippen molar-refractivity contribution in [3.63, 3.8) is 0 Å². The van der Waals surface area contributed by atoms with Gasteiger partial charge >= 0.3 is 11.9 Å². The van der Waals surface area contributed by atoms with E-state index in [4.69, 9.17) is 4.74 Å². The Morgan fingerprint density at radius 2 is 1.45 bits per heavy atom. The summed E-state index contributed by atoms with van der Waals surface area (Å²) in [6.45, 7) is 23.1. The SMILES string of the molecule is C[C@@H](O)[C@@H](CN[C@]12CC[C@@H](C3(C)CC3)[C@@H]1[C@H]1CC[C@@H]3[C@@]4(C)CC[C@H](OC(=O)[C@H]5C[C@@H](C(=O)O)C5(C)C)C(C)(C)[C@@H]4CC[C@@]3(C)[C@]1(C)CC2)N1CCS(O)(O)CC1. The summed E-state index contributed by atoms with van der Waals surface area (Å²) in [6, 6.07) is -0.0347. The molecule has 0 aromatic carbocycles. The molecule has 0 spiro atoms. The van der Waals surface area contributed by atoms with Crippen molar-refractivity contribution in [1.29, 1.82) is 0 Å². The number of rotatable bonds is 9. The molecule has 9 nitrogen and oxygen atoms in total. The number of carbonyl (C=O) groups is 2. The van der Waals surface area contributed by atoms with Crippen LogP contribution < -0.4 is 5.32 Å². The van der Waals surface area contributed by atoms with E-state index in [9.17, 15) is 28.9 Å². The second kappa shape index (κ2) is 13.5. The van der Waals surface area contributed by atoms with Gasteiger partial charge in [0, 0.05) is 36.6 Å². The molecule has 0 radical (unpaired) electrons. The molecule has 0 unspecified atom stereocenters. The first-order valence-electron chi connectivity index (χ1n) is 22.8. The van der Waals surface area contributed by atoms with Crippen LogP contribution in [0.15, 0.2) is 0 Å². The normalized spacial score (nSPS) is 48.7. The predicted octanol–water partition coefficient (Wildman–Crippen LogP) is 8.68. The van der Waals surface area contributed by atoms with Gasteiger partial charge in [-0.2, -0.15) is 10.6 Å². The van der Waals surface area contributed by atoms with Crippen molar-refractivity contribution >= 4 is 22.5 Å². The van der Waals surface area contributed by atoms with Crippen LogP contribution in [0.2, 0.25) is 0 Å². The number of carbonyl (C=O) groups excluding carboxylic acids is 1. The number of nitrogens with one attached hydrogen (secondary N) is 1. The lowest BCUT2D eigenvalue weighted by atomic mass is 9.32. The van der Waals surface area contributed by atoms with E-state index in [0.717, 1.165) is 31.7 Å². The fourth-order valence-corrected chi connectivity index (χ4v) is 17.6. The van der Waals surface area contributed by atoms with Gasteiger partial charge in [0.2, 0.25) is 0 Å². The van der Waals surface area contributed by atoms with Crippen molar-refractivity contribution in [3.05, 3.63) is 0 Å². The Bertz CT molecular complexity index is 1550. The first kappa shape index (κ1) is 41.8. The minimum Gasteiger partial charge on any atom is -0.481 e. The molecule has 0 aromatic rings. The van der Waals surface area contributed by atoms with E-state index in [-0.39, 0.29) is 51.2 Å². The third kappa shape index (κ3) is 6.15. The summed E-state index contributed by atoms with van der Waals surface area (Å²) in [7, 11) is -2.49. The topological polar surface area (TPSA) is 140 Å². The summed E-state index contributed by atoms with van der Waals surface area (Å²) in [5.41, 5.74) is 0.427. The molecular formula is C46H78N2O7S. The lowest BCUT2D eigenvalue weighted by Gasteiger charge is -2.73. The van der Waals surface area contributed by atoms with Crippen LogP contribution in [0.3, 0.4) is 0 Å². The van der Waals surface area contributed by atoms with Gasteiger partial charge in [0.15, 0.2) is 0 Å². The summed E-state index contributed by atoms with van der Waals surface area (Å²) in [4.78, 5) is 27.8. The zero-order valence-corrected chi connectivity index (χ0v) is 37.2. The average molecular weight is 803 g/mol. The zero-order valence-electron chi connectivity index (χ0n) is 36.4. The van der Waals surface area contributed by atoms with Crippen molar-refractivity contribution in [1.82, 2.24) is 10.2 Å². The van der Waals surface area contributed by atoms with Gasteiger partial charge in [-0.15, -0.1) is 0 Å². The van der Waals surface area contributed by atoms with Crippen LogP contribution in [-0.2, 0) is 14.3 Å². The lowest BCUT2D eigenvalue weighted by Crippen LogP contribution is -2.69. The Morgan fingerprint density at radius 1 is 0.768 bits per heavy atom. The van der Waals surface area contributed by atoms with E-state index >= 15 is 0 Å². The number of hydrogen-bond acceptors (Lipinski definition) is 8. The van der Waals surface area contributed by atoms with E-state index < -0.39 is 34.0 Å². The van der Waals surface area contributed by atoms with Crippen LogP contribution in [0.1, 0.15) is 146 Å². The smallest absolute Gasteiger partial charge is 0.309 e. The van der Waals surface area contributed by atoms with Gasteiger partial charge in [0.1, 0.15) is 6.10 Å².